The van der Waals surface area contributed by atoms with Gasteiger partial charge in [0.2, 0.25) is 5.91 Å². The fraction of sp³-hybridized carbons (Fsp3) is 0.500. The molecule has 240 valence electrons. The van der Waals surface area contributed by atoms with Crippen molar-refractivity contribution in [2.24, 2.45) is 0 Å². The molecule has 1 aliphatic rings. The van der Waals surface area contributed by atoms with Crippen LogP contribution in [0.2, 0.25) is 0 Å². The minimum absolute atomic E-state index is 0.0954. The molecule has 0 aliphatic carbocycles. The van der Waals surface area contributed by atoms with E-state index in [0.29, 0.717) is 36.5 Å². The molecule has 13 nitrogen and oxygen atoms in total. The summed E-state index contributed by atoms with van der Waals surface area (Å²) in [5.41, 5.74) is 5.14. The molecule has 1 amide bonds. The molecule has 4 atom stereocenters. The van der Waals surface area contributed by atoms with Crippen molar-refractivity contribution in [1.29, 1.82) is 0 Å². The molecule has 1 saturated heterocycles. The van der Waals surface area contributed by atoms with Crippen LogP contribution in [0.3, 0.4) is 0 Å². The molecule has 0 bridgehead atoms. The number of amides is 1. The van der Waals surface area contributed by atoms with Gasteiger partial charge in [0, 0.05) is 31.9 Å². The summed E-state index contributed by atoms with van der Waals surface area (Å²) in [5, 5.41) is 36.1. The van der Waals surface area contributed by atoms with Crippen LogP contribution >= 0.6 is 0 Å². The van der Waals surface area contributed by atoms with Crippen molar-refractivity contribution in [3.8, 4) is 11.4 Å². The highest BCUT2D eigenvalue weighted by molar-refractivity contribution is 5.82. The topological polar surface area (TPSA) is 180 Å². The van der Waals surface area contributed by atoms with Gasteiger partial charge in [0.15, 0.2) is 23.2 Å². The average molecular weight is 619 g/mol. The molecule has 1 aliphatic heterocycles. The van der Waals surface area contributed by atoms with Gasteiger partial charge >= 0.3 is 0 Å². The number of rotatable bonds is 16. The number of fused-ring (bicyclic) bond motifs is 1. The van der Waals surface area contributed by atoms with Gasteiger partial charge in [0.1, 0.15) is 24.6 Å². The zero-order valence-corrected chi connectivity index (χ0v) is 25.5. The number of ether oxygens (including phenoxy) is 1. The van der Waals surface area contributed by atoms with Crippen molar-refractivity contribution in [2.45, 2.75) is 82.8 Å². The molecule has 2 unspecified atom stereocenters. The van der Waals surface area contributed by atoms with Crippen molar-refractivity contribution < 1.29 is 24.9 Å². The van der Waals surface area contributed by atoms with Gasteiger partial charge in [0.05, 0.1) is 24.3 Å². The summed E-state index contributed by atoms with van der Waals surface area (Å²) in [7, 11) is 0. The maximum absolute atomic E-state index is 12.3. The lowest BCUT2D eigenvalue weighted by atomic mass is 10.1. The Bertz CT molecular complexity index is 1550. The summed E-state index contributed by atoms with van der Waals surface area (Å²) in [4.78, 5) is 34.1. The van der Waals surface area contributed by atoms with Crippen molar-refractivity contribution >= 4 is 22.9 Å². The second-order valence-electron chi connectivity index (χ2n) is 11.4. The lowest BCUT2D eigenvalue weighted by Gasteiger charge is -2.16. The highest BCUT2D eigenvalue weighted by atomic mass is 16.6. The quantitative estimate of drug-likeness (QED) is 0.117. The summed E-state index contributed by atoms with van der Waals surface area (Å²) in [6.07, 6.45) is 9.37. The predicted octanol–water partition coefficient (Wildman–Crippen LogP) is 2.70. The van der Waals surface area contributed by atoms with E-state index in [1.807, 2.05) is 37.5 Å². The van der Waals surface area contributed by atoms with Gasteiger partial charge in [-0.1, -0.05) is 6.42 Å². The third kappa shape index (κ3) is 8.37. The fourth-order valence-corrected chi connectivity index (χ4v) is 5.46. The first-order valence-corrected chi connectivity index (χ1v) is 15.6. The smallest absolute Gasteiger partial charge is 0.219 e. The van der Waals surface area contributed by atoms with Crippen LogP contribution < -0.4 is 10.6 Å². The van der Waals surface area contributed by atoms with Crippen LogP contribution in [0.15, 0.2) is 49.3 Å². The molecule has 5 heterocycles. The molecule has 0 saturated carbocycles. The van der Waals surface area contributed by atoms with Crippen molar-refractivity contribution in [3.63, 3.8) is 0 Å². The molecule has 4 aromatic heterocycles. The molecule has 0 aromatic carbocycles. The van der Waals surface area contributed by atoms with Crippen molar-refractivity contribution in [3.05, 3.63) is 60.4 Å². The van der Waals surface area contributed by atoms with Gasteiger partial charge < -0.3 is 30.7 Å². The first kappa shape index (κ1) is 32.4. The summed E-state index contributed by atoms with van der Waals surface area (Å²) >= 11 is 0. The maximum atomic E-state index is 12.3. The molecule has 0 radical (unpaired) electrons. The van der Waals surface area contributed by atoms with E-state index < -0.39 is 31.1 Å². The lowest BCUT2D eigenvalue weighted by Crippen LogP contribution is -2.33. The van der Waals surface area contributed by atoms with Gasteiger partial charge in [-0.3, -0.25) is 19.3 Å². The van der Waals surface area contributed by atoms with E-state index >= 15 is 0 Å². The molecule has 1 fully saturated rings. The summed E-state index contributed by atoms with van der Waals surface area (Å²) < 4.78 is 7.14. The Labute approximate surface area is 262 Å². The SMILES string of the molecule is Cc1ccnc(-c2cc(CCCCCC(=O)NCCCCCNc3ncnc4c3ncn4[C@@H]3O[C@H](CO)C(O)C3O)ccn2)c1. The minimum Gasteiger partial charge on any atom is -0.394 e. The highest BCUT2D eigenvalue weighted by Crippen LogP contribution is 2.32. The first-order valence-electron chi connectivity index (χ1n) is 15.6. The van der Waals surface area contributed by atoms with Crippen LogP contribution in [0.4, 0.5) is 5.82 Å². The van der Waals surface area contributed by atoms with E-state index in [1.54, 1.807) is 0 Å². The Morgan fingerprint density at radius 1 is 0.911 bits per heavy atom. The van der Waals surface area contributed by atoms with Gasteiger partial charge in [-0.15, -0.1) is 0 Å². The third-order valence-electron chi connectivity index (χ3n) is 7.99. The Balaban J connectivity index is 0.939. The van der Waals surface area contributed by atoms with Crippen LogP contribution in [0.5, 0.6) is 0 Å². The number of aliphatic hydroxyl groups is 3. The van der Waals surface area contributed by atoms with Gasteiger partial charge in [-0.2, -0.15) is 0 Å². The van der Waals surface area contributed by atoms with Crippen LogP contribution in [-0.4, -0.2) is 88.7 Å². The standard InChI is InChI=1S/C32H42N8O5/c1-21-10-14-33-23(16-21)24-17-22(11-15-34-24)8-4-2-5-9-26(42)35-12-6-3-7-13-36-30-27-31(38-19-37-30)40(20-39-27)32-29(44)28(43)25(18-41)45-32/h10-11,14-17,19-20,25,28-29,32,41,43-44H,2-9,12-13,18H2,1H3,(H,35,42)(H,36,37,38)/t25-,28?,29?,32-/m1/s1. The summed E-state index contributed by atoms with van der Waals surface area (Å²) in [6, 6.07) is 8.17. The second-order valence-corrected chi connectivity index (χ2v) is 11.4. The van der Waals surface area contributed by atoms with E-state index in [-0.39, 0.29) is 5.91 Å². The number of unbranched alkanes of at least 4 members (excludes halogenated alkanes) is 4. The normalized spacial score (nSPS) is 19.6. The third-order valence-corrected chi connectivity index (χ3v) is 7.99. The molecule has 45 heavy (non-hydrogen) atoms. The molecule has 0 spiro atoms. The van der Waals surface area contributed by atoms with E-state index in [4.69, 9.17) is 4.74 Å². The van der Waals surface area contributed by atoms with Crippen LogP contribution in [0.1, 0.15) is 62.3 Å². The number of carbonyl (C=O) groups excluding carboxylic acids is 1. The van der Waals surface area contributed by atoms with Crippen molar-refractivity contribution in [2.75, 3.05) is 25.0 Å². The van der Waals surface area contributed by atoms with Crippen LogP contribution in [0, 0.1) is 6.92 Å². The average Bonchev–Trinajstić information content (AvgIpc) is 3.61. The van der Waals surface area contributed by atoms with E-state index in [9.17, 15) is 20.1 Å². The van der Waals surface area contributed by atoms with Gasteiger partial charge in [-0.25, -0.2) is 15.0 Å². The van der Waals surface area contributed by atoms with E-state index in [2.05, 4.69) is 41.6 Å². The number of nitrogens with one attached hydrogen (secondary N) is 2. The van der Waals surface area contributed by atoms with Crippen molar-refractivity contribution in [1.82, 2.24) is 34.8 Å². The molecule has 13 heteroatoms. The monoisotopic (exact) mass is 618 g/mol. The number of anilines is 1. The largest absolute Gasteiger partial charge is 0.394 e. The number of hydrogen-bond acceptors (Lipinski definition) is 11. The number of hydrogen-bond donors (Lipinski definition) is 5. The van der Waals surface area contributed by atoms with Crippen LogP contribution in [-0.2, 0) is 16.0 Å². The fourth-order valence-electron chi connectivity index (χ4n) is 5.46. The predicted molar refractivity (Wildman–Crippen MR) is 168 cm³/mol. The highest BCUT2D eigenvalue weighted by Gasteiger charge is 2.44. The Hall–Kier alpha value is -4.04. The number of aryl methyl sites for hydroxylation is 2. The number of imidazole rings is 1. The molecule has 5 N–H and O–H groups in total. The van der Waals surface area contributed by atoms with E-state index in [0.717, 1.165) is 61.9 Å². The second kappa shape index (κ2) is 15.8. The molecule has 5 rings (SSSR count). The number of nitrogens with zero attached hydrogens (tertiary/aromatic N) is 6. The number of pyridine rings is 2. The molecular formula is C32H42N8O5. The first-order chi connectivity index (χ1) is 21.9. The van der Waals surface area contributed by atoms with E-state index in [1.165, 1.54) is 22.8 Å². The number of carbonyl (C=O) groups is 1. The summed E-state index contributed by atoms with van der Waals surface area (Å²) in [5.74, 6) is 0.657. The Morgan fingerprint density at radius 2 is 1.69 bits per heavy atom. The van der Waals surface area contributed by atoms with Gasteiger partial charge in [-0.05, 0) is 80.8 Å². The van der Waals surface area contributed by atoms with Crippen LogP contribution in [0.25, 0.3) is 22.6 Å². The van der Waals surface area contributed by atoms with Gasteiger partial charge in [0.25, 0.3) is 0 Å². The molecular weight excluding hydrogens is 576 g/mol. The minimum atomic E-state index is -1.22. The number of aliphatic hydroxyl groups excluding tert-OH is 3. The zero-order valence-electron chi connectivity index (χ0n) is 25.5. The zero-order chi connectivity index (χ0) is 31.6. The Morgan fingerprint density at radius 3 is 2.49 bits per heavy atom. The Kier molecular flexibility index (Phi) is 11.4. The number of aromatic nitrogens is 6. The lowest BCUT2D eigenvalue weighted by molar-refractivity contribution is -0.121. The maximum Gasteiger partial charge on any atom is 0.219 e. The molecule has 4 aromatic rings. The summed E-state index contributed by atoms with van der Waals surface area (Å²) in [6.45, 7) is 2.96.